The quantitative estimate of drug-likeness (QED) is 0.933. The third-order valence-electron chi connectivity index (χ3n) is 3.38. The van der Waals surface area contributed by atoms with Gasteiger partial charge in [-0.25, -0.2) is 4.39 Å². The largest absolute Gasteiger partial charge is 0.493 e. The van der Waals surface area contributed by atoms with Crippen LogP contribution in [-0.2, 0) is 0 Å². The van der Waals surface area contributed by atoms with E-state index in [2.05, 4.69) is 0 Å². The van der Waals surface area contributed by atoms with Gasteiger partial charge < -0.3 is 15.2 Å². The van der Waals surface area contributed by atoms with Crippen molar-refractivity contribution in [1.82, 2.24) is 0 Å². The summed E-state index contributed by atoms with van der Waals surface area (Å²) in [4.78, 5) is 0. The summed E-state index contributed by atoms with van der Waals surface area (Å²) < 4.78 is 23.8. The van der Waals surface area contributed by atoms with Gasteiger partial charge >= 0.3 is 0 Å². The maximum absolute atomic E-state index is 13.4. The predicted molar refractivity (Wildman–Crippen MR) is 81.7 cm³/mol. The van der Waals surface area contributed by atoms with Crippen LogP contribution >= 0.6 is 11.6 Å². The number of hydrogen-bond acceptors (Lipinski definition) is 3. The first-order valence-corrected chi connectivity index (χ1v) is 6.78. The minimum atomic E-state index is -0.475. The van der Waals surface area contributed by atoms with Crippen molar-refractivity contribution in [2.75, 3.05) is 14.2 Å². The van der Waals surface area contributed by atoms with Gasteiger partial charge in [0.15, 0.2) is 11.5 Å². The van der Waals surface area contributed by atoms with Crippen LogP contribution in [0.3, 0.4) is 0 Å². The lowest BCUT2D eigenvalue weighted by Gasteiger charge is -2.17. The molecule has 0 aromatic heterocycles. The summed E-state index contributed by atoms with van der Waals surface area (Å²) in [7, 11) is 3.08. The summed E-state index contributed by atoms with van der Waals surface area (Å²) in [5, 5.41) is 0.474. The molecule has 21 heavy (non-hydrogen) atoms. The molecule has 0 aliphatic carbocycles. The van der Waals surface area contributed by atoms with Gasteiger partial charge in [0.25, 0.3) is 0 Å². The summed E-state index contributed by atoms with van der Waals surface area (Å²) in [5.74, 6) is 0.823. The van der Waals surface area contributed by atoms with Crippen molar-refractivity contribution in [3.63, 3.8) is 0 Å². The summed E-state index contributed by atoms with van der Waals surface area (Å²) in [6, 6.07) is 7.69. The first-order valence-electron chi connectivity index (χ1n) is 6.41. The maximum atomic E-state index is 13.4. The van der Waals surface area contributed by atoms with Crippen molar-refractivity contribution in [3.8, 4) is 11.5 Å². The van der Waals surface area contributed by atoms with Crippen molar-refractivity contribution in [2.45, 2.75) is 13.0 Å². The van der Waals surface area contributed by atoms with Crippen LogP contribution in [0, 0.1) is 12.7 Å². The van der Waals surface area contributed by atoms with Gasteiger partial charge in [0, 0.05) is 11.1 Å². The molecule has 5 heteroatoms. The van der Waals surface area contributed by atoms with Crippen LogP contribution in [-0.4, -0.2) is 14.2 Å². The van der Waals surface area contributed by atoms with Crippen LogP contribution in [0.1, 0.15) is 22.7 Å². The first-order chi connectivity index (χ1) is 9.97. The van der Waals surface area contributed by atoms with E-state index in [0.717, 1.165) is 5.56 Å². The van der Waals surface area contributed by atoms with E-state index in [9.17, 15) is 4.39 Å². The zero-order valence-electron chi connectivity index (χ0n) is 12.1. The Morgan fingerprint density at radius 2 is 1.71 bits per heavy atom. The molecule has 2 rings (SSSR count). The molecule has 0 heterocycles. The number of halogens is 2. The van der Waals surface area contributed by atoms with Crippen molar-refractivity contribution >= 4 is 11.6 Å². The molecule has 112 valence electrons. The van der Waals surface area contributed by atoms with E-state index in [0.29, 0.717) is 27.6 Å². The summed E-state index contributed by atoms with van der Waals surface area (Å²) >= 11 is 6.26. The van der Waals surface area contributed by atoms with Crippen molar-refractivity contribution in [3.05, 3.63) is 57.9 Å². The first kappa shape index (κ1) is 15.6. The topological polar surface area (TPSA) is 44.5 Å². The van der Waals surface area contributed by atoms with Gasteiger partial charge in [-0.2, -0.15) is 0 Å². The highest BCUT2D eigenvalue weighted by Crippen LogP contribution is 2.37. The highest BCUT2D eigenvalue weighted by atomic mass is 35.5. The number of rotatable bonds is 4. The highest BCUT2D eigenvalue weighted by Gasteiger charge is 2.17. The van der Waals surface area contributed by atoms with Crippen LogP contribution in [0.25, 0.3) is 0 Å². The third kappa shape index (κ3) is 3.12. The molecule has 0 fully saturated rings. The van der Waals surface area contributed by atoms with Crippen LogP contribution in [0.2, 0.25) is 5.02 Å². The normalized spacial score (nSPS) is 12.1. The number of aryl methyl sites for hydroxylation is 1. The Balaban J connectivity index is 2.47. The van der Waals surface area contributed by atoms with Crippen LogP contribution in [0.15, 0.2) is 30.3 Å². The molecule has 0 saturated carbocycles. The van der Waals surface area contributed by atoms with Gasteiger partial charge in [0.1, 0.15) is 5.82 Å². The molecule has 3 nitrogen and oxygen atoms in total. The molecule has 0 saturated heterocycles. The van der Waals surface area contributed by atoms with E-state index in [1.807, 2.05) is 0 Å². The van der Waals surface area contributed by atoms with Crippen molar-refractivity contribution < 1.29 is 13.9 Å². The average molecular weight is 310 g/mol. The molecular formula is C16H17ClFNO2. The Bertz CT molecular complexity index is 661. The predicted octanol–water partition coefficient (Wildman–Crippen LogP) is 3.85. The number of nitrogens with two attached hydrogens (primary N) is 1. The van der Waals surface area contributed by atoms with E-state index in [-0.39, 0.29) is 5.82 Å². The Labute approximate surface area is 128 Å². The monoisotopic (exact) mass is 309 g/mol. The average Bonchev–Trinajstić information content (AvgIpc) is 2.49. The molecule has 1 unspecified atom stereocenters. The standard InChI is InChI=1S/C16H17ClFNO2/c1-9-6-10(4-5-13(9)18)16(19)11-7-14(20-2)15(21-3)8-12(11)17/h4-8,16H,19H2,1-3H3. The second kappa shape index (κ2) is 6.33. The number of benzene rings is 2. The summed E-state index contributed by atoms with van der Waals surface area (Å²) in [5.41, 5.74) is 8.26. The smallest absolute Gasteiger partial charge is 0.162 e. The number of ether oxygens (including phenoxy) is 2. The fraction of sp³-hybridized carbons (Fsp3) is 0.250. The minimum absolute atomic E-state index is 0.260. The van der Waals surface area contributed by atoms with E-state index in [4.69, 9.17) is 26.8 Å². The van der Waals surface area contributed by atoms with Gasteiger partial charge in [0.05, 0.1) is 20.3 Å². The third-order valence-corrected chi connectivity index (χ3v) is 3.71. The highest BCUT2D eigenvalue weighted by molar-refractivity contribution is 6.31. The molecule has 2 N–H and O–H groups in total. The fourth-order valence-electron chi connectivity index (χ4n) is 2.15. The molecule has 2 aromatic carbocycles. The van der Waals surface area contributed by atoms with Gasteiger partial charge in [-0.05, 0) is 35.7 Å². The molecule has 0 amide bonds. The Hall–Kier alpha value is -1.78. The molecule has 1 atom stereocenters. The fourth-order valence-corrected chi connectivity index (χ4v) is 2.42. The van der Waals surface area contributed by atoms with Gasteiger partial charge in [-0.1, -0.05) is 23.7 Å². The summed E-state index contributed by atoms with van der Waals surface area (Å²) in [6.45, 7) is 1.70. The zero-order valence-corrected chi connectivity index (χ0v) is 12.9. The van der Waals surface area contributed by atoms with Crippen LogP contribution in [0.5, 0.6) is 11.5 Å². The lowest BCUT2D eigenvalue weighted by Crippen LogP contribution is -2.13. The zero-order chi connectivity index (χ0) is 15.6. The lowest BCUT2D eigenvalue weighted by atomic mass is 9.97. The van der Waals surface area contributed by atoms with Crippen LogP contribution in [0.4, 0.5) is 4.39 Å². The Morgan fingerprint density at radius 3 is 2.29 bits per heavy atom. The Kier molecular flexibility index (Phi) is 4.70. The molecule has 0 aliphatic heterocycles. The second-order valence-electron chi connectivity index (χ2n) is 4.71. The SMILES string of the molecule is COc1cc(Cl)c(C(N)c2ccc(F)c(C)c2)cc1OC. The maximum Gasteiger partial charge on any atom is 0.162 e. The number of methoxy groups -OCH3 is 2. The van der Waals surface area contributed by atoms with E-state index >= 15 is 0 Å². The second-order valence-corrected chi connectivity index (χ2v) is 5.12. The Morgan fingerprint density at radius 1 is 1.10 bits per heavy atom. The lowest BCUT2D eigenvalue weighted by molar-refractivity contribution is 0.354. The molecule has 0 bridgehead atoms. The van der Waals surface area contributed by atoms with E-state index in [1.165, 1.54) is 13.2 Å². The van der Waals surface area contributed by atoms with Gasteiger partial charge in [0.2, 0.25) is 0 Å². The minimum Gasteiger partial charge on any atom is -0.493 e. The van der Waals surface area contributed by atoms with Crippen molar-refractivity contribution in [1.29, 1.82) is 0 Å². The van der Waals surface area contributed by atoms with Gasteiger partial charge in [-0.15, -0.1) is 0 Å². The molecule has 0 radical (unpaired) electrons. The van der Waals surface area contributed by atoms with Gasteiger partial charge in [-0.3, -0.25) is 0 Å². The van der Waals surface area contributed by atoms with E-state index < -0.39 is 6.04 Å². The van der Waals surface area contributed by atoms with Crippen LogP contribution < -0.4 is 15.2 Å². The molecular weight excluding hydrogens is 293 g/mol. The molecule has 0 aliphatic rings. The van der Waals surface area contributed by atoms with E-state index in [1.54, 1.807) is 38.3 Å². The van der Waals surface area contributed by atoms with Crippen molar-refractivity contribution in [2.24, 2.45) is 5.73 Å². The number of hydrogen-bond donors (Lipinski definition) is 1. The molecule has 2 aromatic rings. The summed E-state index contributed by atoms with van der Waals surface area (Å²) in [6.07, 6.45) is 0. The molecule has 0 spiro atoms.